The Morgan fingerprint density at radius 1 is 1.24 bits per heavy atom. The predicted molar refractivity (Wildman–Crippen MR) is 111 cm³/mol. The summed E-state index contributed by atoms with van der Waals surface area (Å²) in [5.41, 5.74) is 6.24. The Morgan fingerprint density at radius 2 is 1.97 bits per heavy atom. The van der Waals surface area contributed by atoms with Crippen LogP contribution in [0.25, 0.3) is 0 Å². The molecule has 6 nitrogen and oxygen atoms in total. The fourth-order valence-corrected chi connectivity index (χ4v) is 3.11. The van der Waals surface area contributed by atoms with Crippen LogP contribution in [0, 0.1) is 5.82 Å². The molecule has 2 aromatic carbocycles. The highest BCUT2D eigenvalue weighted by Crippen LogP contribution is 2.28. The number of anilines is 1. The minimum absolute atomic E-state index is 0.0931. The van der Waals surface area contributed by atoms with Gasteiger partial charge in [0.25, 0.3) is 0 Å². The Hall–Kier alpha value is -2.42. The topological polar surface area (TPSA) is 68.8 Å². The van der Waals surface area contributed by atoms with E-state index in [9.17, 15) is 9.18 Å². The number of para-hydroxylation sites is 1. The fraction of sp³-hybridized carbons (Fsp3) is 0.286. The lowest BCUT2D eigenvalue weighted by atomic mass is 10.0. The zero-order chi connectivity index (χ0) is 21.0. The van der Waals surface area contributed by atoms with E-state index in [0.717, 1.165) is 4.47 Å². The number of methoxy groups -OCH3 is 1. The lowest BCUT2D eigenvalue weighted by Crippen LogP contribution is -2.46. The highest BCUT2D eigenvalue weighted by molar-refractivity contribution is 9.10. The molecule has 1 aliphatic heterocycles. The zero-order valence-corrected chi connectivity index (χ0v) is 17.9. The van der Waals surface area contributed by atoms with Crippen molar-refractivity contribution in [1.29, 1.82) is 0 Å². The maximum atomic E-state index is 14.3. The average Bonchev–Trinajstić information content (AvgIpc) is 2.68. The minimum atomic E-state index is -0.913. The first-order chi connectivity index (χ1) is 13.8. The van der Waals surface area contributed by atoms with Crippen molar-refractivity contribution in [3.63, 3.8) is 0 Å². The van der Waals surface area contributed by atoms with Gasteiger partial charge in [-0.2, -0.15) is 0 Å². The van der Waals surface area contributed by atoms with E-state index < -0.39 is 17.6 Å². The smallest absolute Gasteiger partial charge is 0.204 e. The molecule has 0 bridgehead atoms. The molecule has 1 unspecified atom stereocenters. The summed E-state index contributed by atoms with van der Waals surface area (Å²) in [4.78, 5) is 13.2. The van der Waals surface area contributed by atoms with E-state index in [-0.39, 0.29) is 18.1 Å². The van der Waals surface area contributed by atoms with E-state index >= 15 is 0 Å². The highest BCUT2D eigenvalue weighted by Gasteiger charge is 2.33. The first kappa shape index (κ1) is 21.3. The van der Waals surface area contributed by atoms with Crippen LogP contribution in [0.3, 0.4) is 0 Å². The van der Waals surface area contributed by atoms with Gasteiger partial charge in [-0.05, 0) is 30.3 Å². The molecule has 1 atom stereocenters. The molecule has 0 spiro atoms. The van der Waals surface area contributed by atoms with Crippen LogP contribution in [-0.2, 0) is 9.47 Å². The monoisotopic (exact) mass is 464 g/mol. The second-order valence-electron chi connectivity index (χ2n) is 6.81. The van der Waals surface area contributed by atoms with E-state index in [2.05, 4.69) is 26.8 Å². The third-order valence-corrected chi connectivity index (χ3v) is 4.82. The van der Waals surface area contributed by atoms with E-state index in [1.54, 1.807) is 50.3 Å². The van der Waals surface area contributed by atoms with Gasteiger partial charge in [0.2, 0.25) is 5.79 Å². The van der Waals surface area contributed by atoms with Crippen LogP contribution >= 0.6 is 15.9 Å². The summed E-state index contributed by atoms with van der Waals surface area (Å²) in [6, 6.07) is 10.5. The summed E-state index contributed by atoms with van der Waals surface area (Å²) in [5.74, 6) is -0.968. The number of rotatable bonds is 7. The van der Waals surface area contributed by atoms with Crippen LogP contribution in [0.2, 0.25) is 0 Å². The Balaban J connectivity index is 1.90. The number of nitrogens with one attached hydrogen (secondary N) is 2. The lowest BCUT2D eigenvalue weighted by Gasteiger charge is -2.34. The maximum Gasteiger partial charge on any atom is 0.204 e. The van der Waals surface area contributed by atoms with Crippen molar-refractivity contribution >= 4 is 27.4 Å². The zero-order valence-electron chi connectivity index (χ0n) is 16.3. The number of hydrogen-bond acceptors (Lipinski definition) is 6. The molecule has 1 heterocycles. The van der Waals surface area contributed by atoms with Crippen molar-refractivity contribution in [2.75, 3.05) is 19.1 Å². The van der Waals surface area contributed by atoms with Gasteiger partial charge >= 0.3 is 0 Å². The van der Waals surface area contributed by atoms with Crippen LogP contribution in [0.5, 0.6) is 5.75 Å². The molecule has 3 rings (SSSR count). The molecule has 0 radical (unpaired) electrons. The number of carbonyl (C=O) groups excluding carboxylic acids is 1. The molecule has 0 saturated carbocycles. The van der Waals surface area contributed by atoms with Gasteiger partial charge in [0.15, 0.2) is 11.6 Å². The van der Waals surface area contributed by atoms with Gasteiger partial charge in [-0.1, -0.05) is 34.1 Å². The van der Waals surface area contributed by atoms with Crippen molar-refractivity contribution in [3.05, 3.63) is 70.2 Å². The number of halogens is 2. The van der Waals surface area contributed by atoms with Crippen molar-refractivity contribution in [2.45, 2.75) is 25.7 Å². The molecule has 0 fully saturated rings. The number of Topliss-reactive ketones (excluding diaryl/α,β-unsaturated/α-hetero) is 1. The Labute approximate surface area is 177 Å². The molecule has 2 aromatic rings. The van der Waals surface area contributed by atoms with Gasteiger partial charge in [-0.25, -0.2) is 9.82 Å². The van der Waals surface area contributed by atoms with Crippen LogP contribution in [0.15, 0.2) is 58.8 Å². The van der Waals surface area contributed by atoms with E-state index in [1.165, 1.54) is 19.2 Å². The molecule has 1 aliphatic rings. The molecule has 154 valence electrons. The van der Waals surface area contributed by atoms with Crippen LogP contribution in [-0.4, -0.2) is 31.3 Å². The third-order valence-electron chi connectivity index (χ3n) is 4.29. The highest BCUT2D eigenvalue weighted by atomic mass is 79.9. The van der Waals surface area contributed by atoms with Crippen molar-refractivity contribution < 1.29 is 23.4 Å². The first-order valence-corrected chi connectivity index (χ1v) is 9.77. The van der Waals surface area contributed by atoms with Gasteiger partial charge in [-0.3, -0.25) is 4.79 Å². The Kier molecular flexibility index (Phi) is 6.56. The number of carbonyl (C=O) groups is 1. The van der Waals surface area contributed by atoms with Crippen molar-refractivity contribution in [3.8, 4) is 5.75 Å². The van der Waals surface area contributed by atoms with Gasteiger partial charge in [0, 0.05) is 23.9 Å². The molecular formula is C21H22BrFN2O4. The van der Waals surface area contributed by atoms with Crippen LogP contribution in [0.4, 0.5) is 10.1 Å². The Bertz CT molecular complexity index is 915. The van der Waals surface area contributed by atoms with Gasteiger partial charge < -0.3 is 19.6 Å². The average molecular weight is 465 g/mol. The van der Waals surface area contributed by atoms with Gasteiger partial charge in [0.1, 0.15) is 23.2 Å². The van der Waals surface area contributed by atoms with Gasteiger partial charge in [-0.15, -0.1) is 0 Å². The summed E-state index contributed by atoms with van der Waals surface area (Å²) in [6.45, 7) is 3.81. The van der Waals surface area contributed by atoms with Crippen LogP contribution in [0.1, 0.15) is 24.2 Å². The second kappa shape index (κ2) is 8.94. The van der Waals surface area contributed by atoms with E-state index in [1.807, 2.05) is 0 Å². The molecule has 0 saturated heterocycles. The van der Waals surface area contributed by atoms with Crippen molar-refractivity contribution in [1.82, 2.24) is 5.43 Å². The summed E-state index contributed by atoms with van der Waals surface area (Å²) in [7, 11) is 1.44. The fourth-order valence-electron chi connectivity index (χ4n) is 2.84. The minimum Gasteiger partial charge on any atom is -0.494 e. The summed E-state index contributed by atoms with van der Waals surface area (Å²) in [5, 5.41) is 0. The molecule has 29 heavy (non-hydrogen) atoms. The van der Waals surface area contributed by atoms with Crippen molar-refractivity contribution in [2.24, 2.45) is 0 Å². The quantitative estimate of drug-likeness (QED) is 0.466. The van der Waals surface area contributed by atoms with E-state index in [4.69, 9.17) is 14.2 Å². The number of ether oxygens (including phenoxy) is 3. The van der Waals surface area contributed by atoms with E-state index in [0.29, 0.717) is 17.1 Å². The predicted octanol–water partition coefficient (Wildman–Crippen LogP) is 4.43. The first-order valence-electron chi connectivity index (χ1n) is 8.97. The SMILES string of the molecule is COc1cccc(F)c1NNC(C(=O)c1ccc(Br)cc1)C1=CCOC(C)(C)O1. The number of ketones is 1. The number of hydrazine groups is 1. The summed E-state index contributed by atoms with van der Waals surface area (Å²) >= 11 is 3.36. The number of hydrogen-bond donors (Lipinski definition) is 2. The van der Waals surface area contributed by atoms with Gasteiger partial charge in [0.05, 0.1) is 13.7 Å². The molecule has 0 aromatic heterocycles. The Morgan fingerprint density at radius 3 is 2.62 bits per heavy atom. The largest absolute Gasteiger partial charge is 0.494 e. The molecule has 0 amide bonds. The second-order valence-corrected chi connectivity index (χ2v) is 7.73. The molecule has 2 N–H and O–H groups in total. The normalized spacial score (nSPS) is 16.4. The molecule has 8 heteroatoms. The standard InChI is InChI=1S/C21H22BrFN2O4/c1-21(2)28-12-11-17(29-21)19(20(26)13-7-9-14(22)10-8-13)25-24-18-15(23)5-4-6-16(18)27-3/h4-11,19,24-25H,12H2,1-3H3. The molecular weight excluding hydrogens is 443 g/mol. The summed E-state index contributed by atoms with van der Waals surface area (Å²) in [6.07, 6.45) is 1.68. The summed E-state index contributed by atoms with van der Waals surface area (Å²) < 4.78 is 31.7. The third kappa shape index (κ3) is 5.14. The number of benzene rings is 2. The van der Waals surface area contributed by atoms with Crippen LogP contribution < -0.4 is 15.6 Å². The molecule has 0 aliphatic carbocycles. The maximum absolute atomic E-state index is 14.3. The lowest BCUT2D eigenvalue weighted by molar-refractivity contribution is -0.198.